The van der Waals surface area contributed by atoms with Crippen molar-refractivity contribution in [3.05, 3.63) is 65.2 Å². The van der Waals surface area contributed by atoms with Crippen molar-refractivity contribution in [3.8, 4) is 0 Å². The molecular weight excluding hydrogens is 356 g/mol. The number of anilines is 1. The minimum atomic E-state index is -3.50. The van der Waals surface area contributed by atoms with E-state index >= 15 is 0 Å². The molecule has 0 amide bonds. The highest BCUT2D eigenvalue weighted by molar-refractivity contribution is 7.88. The number of nitrogens with zero attached hydrogens (tertiary/aromatic N) is 1. The lowest BCUT2D eigenvalue weighted by atomic mass is 9.96. The maximum atomic E-state index is 11.3. The zero-order chi connectivity index (χ0) is 19.2. The molecule has 4 nitrogen and oxygen atoms in total. The Labute approximate surface area is 161 Å². The van der Waals surface area contributed by atoms with Gasteiger partial charge < -0.3 is 4.90 Å². The van der Waals surface area contributed by atoms with Crippen LogP contribution >= 0.6 is 0 Å². The number of rotatable bonds is 5. The third-order valence-corrected chi connectivity index (χ3v) is 6.56. The lowest BCUT2D eigenvalue weighted by molar-refractivity contribution is 0.568. The molecule has 0 bridgehead atoms. The maximum Gasteiger partial charge on any atom is 0.213 e. The van der Waals surface area contributed by atoms with Crippen molar-refractivity contribution < 1.29 is 8.42 Å². The predicted octanol–water partition coefficient (Wildman–Crippen LogP) is 4.03. The molecule has 2 aromatic rings. The third-order valence-electron chi connectivity index (χ3n) is 5.83. The molecule has 27 heavy (non-hydrogen) atoms. The fraction of sp³-hybridized carbons (Fsp3) is 0.364. The normalized spacial score (nSPS) is 18.2. The molecule has 0 unspecified atom stereocenters. The van der Waals surface area contributed by atoms with Gasteiger partial charge in [-0.25, -0.2) is 13.6 Å². The standard InChI is InChI=1S/C22H26N2O2S/c1-24(2)19-9-7-18(8-10-19)21-14-22(11-12-22)13-20(21)17-5-3-16(4-6-17)15-27(23,25)26/h3-10H,11-15H2,1-2H3,(H2,23,25,26). The molecular formula is C22H26N2O2S. The van der Waals surface area contributed by atoms with Crippen LogP contribution in [0.3, 0.4) is 0 Å². The Morgan fingerprint density at radius 1 is 0.889 bits per heavy atom. The van der Waals surface area contributed by atoms with Gasteiger partial charge in [-0.3, -0.25) is 0 Å². The van der Waals surface area contributed by atoms with E-state index in [-0.39, 0.29) is 5.75 Å². The minimum absolute atomic E-state index is 0.116. The predicted molar refractivity (Wildman–Crippen MR) is 112 cm³/mol. The maximum absolute atomic E-state index is 11.3. The van der Waals surface area contributed by atoms with Crippen molar-refractivity contribution in [2.24, 2.45) is 10.6 Å². The fourth-order valence-corrected chi connectivity index (χ4v) is 4.76. The average molecular weight is 383 g/mol. The summed E-state index contributed by atoms with van der Waals surface area (Å²) in [6, 6.07) is 16.7. The van der Waals surface area contributed by atoms with Crippen molar-refractivity contribution in [2.45, 2.75) is 31.4 Å². The van der Waals surface area contributed by atoms with Crippen LogP contribution in [0, 0.1) is 5.41 Å². The molecule has 5 heteroatoms. The zero-order valence-electron chi connectivity index (χ0n) is 15.9. The number of primary sulfonamides is 1. The summed E-state index contributed by atoms with van der Waals surface area (Å²) in [5.41, 5.74) is 7.75. The molecule has 0 atom stereocenters. The first-order valence-corrected chi connectivity index (χ1v) is 11.1. The van der Waals surface area contributed by atoms with E-state index in [1.54, 1.807) is 0 Å². The van der Waals surface area contributed by atoms with Gasteiger partial charge in [-0.05, 0) is 71.1 Å². The lowest BCUT2D eigenvalue weighted by Crippen LogP contribution is -2.14. The summed E-state index contributed by atoms with van der Waals surface area (Å²) in [5.74, 6) is -0.116. The van der Waals surface area contributed by atoms with Crippen LogP contribution in [-0.2, 0) is 15.8 Å². The summed E-state index contributed by atoms with van der Waals surface area (Å²) in [6.45, 7) is 0. The molecule has 0 radical (unpaired) electrons. The van der Waals surface area contributed by atoms with Gasteiger partial charge in [-0.1, -0.05) is 36.4 Å². The van der Waals surface area contributed by atoms with Crippen LogP contribution in [0.4, 0.5) is 5.69 Å². The molecule has 4 rings (SSSR count). The first-order valence-electron chi connectivity index (χ1n) is 9.34. The van der Waals surface area contributed by atoms with Gasteiger partial charge in [0, 0.05) is 19.8 Å². The molecule has 2 aliphatic carbocycles. The molecule has 1 fully saturated rings. The van der Waals surface area contributed by atoms with Crippen LogP contribution in [0.25, 0.3) is 11.1 Å². The van der Waals surface area contributed by atoms with E-state index in [2.05, 4.69) is 43.3 Å². The molecule has 2 aromatic carbocycles. The van der Waals surface area contributed by atoms with E-state index < -0.39 is 10.0 Å². The largest absolute Gasteiger partial charge is 0.378 e. The van der Waals surface area contributed by atoms with Crippen LogP contribution in [0.1, 0.15) is 42.4 Å². The first kappa shape index (κ1) is 18.3. The van der Waals surface area contributed by atoms with Gasteiger partial charge in [0.05, 0.1) is 5.75 Å². The van der Waals surface area contributed by atoms with E-state index in [1.807, 2.05) is 24.3 Å². The Hall–Kier alpha value is -2.11. The average Bonchev–Trinajstić information content (AvgIpc) is 3.25. The molecule has 1 spiro atoms. The summed E-state index contributed by atoms with van der Waals surface area (Å²) in [5, 5.41) is 5.16. The highest BCUT2D eigenvalue weighted by Crippen LogP contribution is 2.63. The van der Waals surface area contributed by atoms with Crippen molar-refractivity contribution in [1.82, 2.24) is 0 Å². The molecule has 0 saturated heterocycles. The smallest absolute Gasteiger partial charge is 0.213 e. The monoisotopic (exact) mass is 382 g/mol. The van der Waals surface area contributed by atoms with E-state index in [1.165, 1.54) is 40.8 Å². The quantitative estimate of drug-likeness (QED) is 0.849. The Kier molecular flexibility index (Phi) is 4.40. The number of nitrogens with two attached hydrogens (primary N) is 1. The van der Waals surface area contributed by atoms with Gasteiger partial charge in [-0.2, -0.15) is 0 Å². The minimum Gasteiger partial charge on any atom is -0.378 e. The molecule has 0 aromatic heterocycles. The van der Waals surface area contributed by atoms with Gasteiger partial charge in [-0.15, -0.1) is 0 Å². The van der Waals surface area contributed by atoms with Crippen molar-refractivity contribution in [3.63, 3.8) is 0 Å². The Balaban J connectivity index is 1.68. The summed E-state index contributed by atoms with van der Waals surface area (Å²) in [4.78, 5) is 2.11. The van der Waals surface area contributed by atoms with E-state index in [0.717, 1.165) is 18.4 Å². The van der Waals surface area contributed by atoms with E-state index in [0.29, 0.717) is 5.41 Å². The first-order chi connectivity index (χ1) is 12.7. The molecule has 2 N–H and O–H groups in total. The number of sulfonamides is 1. The van der Waals surface area contributed by atoms with Crippen LogP contribution in [0.5, 0.6) is 0 Å². The number of hydrogen-bond donors (Lipinski definition) is 1. The summed E-state index contributed by atoms with van der Waals surface area (Å²) >= 11 is 0. The summed E-state index contributed by atoms with van der Waals surface area (Å²) < 4.78 is 22.6. The molecule has 1 saturated carbocycles. The SMILES string of the molecule is CN(C)c1ccc(C2=C(c3ccc(CS(N)(=O)=O)cc3)CC3(CC3)C2)cc1. The second-order valence-electron chi connectivity index (χ2n) is 8.26. The molecule has 0 aliphatic heterocycles. The van der Waals surface area contributed by atoms with Crippen LogP contribution in [-0.4, -0.2) is 22.5 Å². The summed E-state index contributed by atoms with van der Waals surface area (Å²) in [7, 11) is 0.608. The van der Waals surface area contributed by atoms with E-state index in [9.17, 15) is 8.42 Å². The molecule has 2 aliphatic rings. The lowest BCUT2D eigenvalue weighted by Gasteiger charge is -2.14. The van der Waals surface area contributed by atoms with Crippen molar-refractivity contribution >= 4 is 26.9 Å². The highest BCUT2D eigenvalue weighted by Gasteiger charge is 2.48. The van der Waals surface area contributed by atoms with Crippen molar-refractivity contribution in [2.75, 3.05) is 19.0 Å². The number of allylic oxidation sites excluding steroid dienone is 2. The van der Waals surface area contributed by atoms with E-state index in [4.69, 9.17) is 5.14 Å². The molecule has 142 valence electrons. The van der Waals surface area contributed by atoms with Crippen molar-refractivity contribution in [1.29, 1.82) is 0 Å². The van der Waals surface area contributed by atoms with Gasteiger partial charge >= 0.3 is 0 Å². The second-order valence-corrected chi connectivity index (χ2v) is 9.87. The van der Waals surface area contributed by atoms with Gasteiger partial charge in [0.25, 0.3) is 0 Å². The Morgan fingerprint density at radius 3 is 1.78 bits per heavy atom. The zero-order valence-corrected chi connectivity index (χ0v) is 16.7. The van der Waals surface area contributed by atoms with Gasteiger partial charge in [0.15, 0.2) is 0 Å². The Bertz CT molecular complexity index is 984. The van der Waals surface area contributed by atoms with Crippen LogP contribution in [0.2, 0.25) is 0 Å². The Morgan fingerprint density at radius 2 is 1.37 bits per heavy atom. The van der Waals surface area contributed by atoms with Crippen LogP contribution < -0.4 is 10.0 Å². The summed E-state index contributed by atoms with van der Waals surface area (Å²) in [6.07, 6.45) is 4.87. The van der Waals surface area contributed by atoms with Crippen LogP contribution in [0.15, 0.2) is 48.5 Å². The number of benzene rings is 2. The number of hydrogen-bond acceptors (Lipinski definition) is 3. The van der Waals surface area contributed by atoms with Gasteiger partial charge in [0.1, 0.15) is 0 Å². The third kappa shape index (κ3) is 3.94. The topological polar surface area (TPSA) is 63.4 Å². The highest BCUT2D eigenvalue weighted by atomic mass is 32.2. The fourth-order valence-electron chi connectivity index (χ4n) is 4.10. The van der Waals surface area contributed by atoms with Gasteiger partial charge in [0.2, 0.25) is 10.0 Å². The second kappa shape index (κ2) is 6.50. The molecule has 0 heterocycles.